The molecule has 0 bridgehead atoms. The van der Waals surface area contributed by atoms with Gasteiger partial charge in [0, 0.05) is 31.7 Å². The van der Waals surface area contributed by atoms with Crippen molar-refractivity contribution in [2.45, 2.75) is 31.4 Å². The number of amides is 1. The molecule has 0 saturated carbocycles. The third-order valence-electron chi connectivity index (χ3n) is 6.55. The van der Waals surface area contributed by atoms with Gasteiger partial charge < -0.3 is 23.9 Å². The molecule has 168 valence electrons. The van der Waals surface area contributed by atoms with Crippen LogP contribution in [-0.4, -0.2) is 59.9 Å². The molecular weight excluding hydrogens is 424 g/mol. The summed E-state index contributed by atoms with van der Waals surface area (Å²) in [6.45, 7) is 3.54. The zero-order valence-electron chi connectivity index (χ0n) is 18.2. The second-order valence-corrected chi connectivity index (χ2v) is 8.88. The van der Waals surface area contributed by atoms with Crippen LogP contribution in [0.5, 0.6) is 5.75 Å². The third-order valence-corrected chi connectivity index (χ3v) is 6.85. The van der Waals surface area contributed by atoms with Crippen LogP contribution in [-0.2, 0) is 4.74 Å². The first-order valence-corrected chi connectivity index (χ1v) is 11.6. The normalized spacial score (nSPS) is 20.1. The summed E-state index contributed by atoms with van der Waals surface area (Å²) in [6.07, 6.45) is 2.60. The van der Waals surface area contributed by atoms with E-state index in [1.807, 2.05) is 30.3 Å². The minimum absolute atomic E-state index is 0.0892. The van der Waals surface area contributed by atoms with Gasteiger partial charge in [-0.25, -0.2) is 4.79 Å². The van der Waals surface area contributed by atoms with E-state index in [4.69, 9.17) is 21.7 Å². The standard InChI is InChI=1S/C24H28N4O3S/c1-30-19-6-4-5-18(15-19)27-16-20(31-24(27)29)11-14-26-12-9-17(10-13-26)28-22-8-3-2-7-21(22)25-23(28)32/h2-8,15,17,20H,9-14,16H2,1H3,(H,25,32). The van der Waals surface area contributed by atoms with Crippen LogP contribution in [0.2, 0.25) is 0 Å². The summed E-state index contributed by atoms with van der Waals surface area (Å²) in [5.74, 6) is 0.733. The molecule has 2 aliphatic heterocycles. The van der Waals surface area contributed by atoms with E-state index >= 15 is 0 Å². The maximum atomic E-state index is 12.4. The summed E-state index contributed by atoms with van der Waals surface area (Å²) in [7, 11) is 1.62. The molecule has 3 heterocycles. The molecule has 8 heteroatoms. The second kappa shape index (κ2) is 8.96. The Morgan fingerprint density at radius 2 is 1.97 bits per heavy atom. The molecule has 7 nitrogen and oxygen atoms in total. The Morgan fingerprint density at radius 3 is 2.78 bits per heavy atom. The molecule has 0 aliphatic carbocycles. The van der Waals surface area contributed by atoms with E-state index in [-0.39, 0.29) is 12.2 Å². The van der Waals surface area contributed by atoms with Crippen LogP contribution in [0.4, 0.5) is 10.5 Å². The fourth-order valence-corrected chi connectivity index (χ4v) is 5.18. The van der Waals surface area contributed by atoms with E-state index in [9.17, 15) is 4.79 Å². The lowest BCUT2D eigenvalue weighted by Crippen LogP contribution is -2.36. The van der Waals surface area contributed by atoms with E-state index in [0.29, 0.717) is 12.6 Å². The molecule has 1 N–H and O–H groups in total. The summed E-state index contributed by atoms with van der Waals surface area (Å²) >= 11 is 5.60. The van der Waals surface area contributed by atoms with Gasteiger partial charge in [-0.3, -0.25) is 4.90 Å². The van der Waals surface area contributed by atoms with Gasteiger partial charge >= 0.3 is 6.09 Å². The Kier molecular flexibility index (Phi) is 5.89. The first-order chi connectivity index (χ1) is 15.6. The fraction of sp³-hybridized carbons (Fsp3) is 0.417. The fourth-order valence-electron chi connectivity index (χ4n) is 4.83. The van der Waals surface area contributed by atoms with Crippen molar-refractivity contribution in [3.8, 4) is 5.75 Å². The first kappa shape index (κ1) is 21.0. The number of aromatic amines is 1. The number of anilines is 1. The highest BCUT2D eigenvalue weighted by Crippen LogP contribution is 2.29. The number of para-hydroxylation sites is 2. The number of carbonyl (C=O) groups excluding carboxylic acids is 1. The number of benzene rings is 2. The number of imidazole rings is 1. The molecule has 32 heavy (non-hydrogen) atoms. The topological polar surface area (TPSA) is 62.7 Å². The van der Waals surface area contributed by atoms with E-state index in [0.717, 1.165) is 60.6 Å². The average Bonchev–Trinajstić information content (AvgIpc) is 3.36. The predicted octanol–water partition coefficient (Wildman–Crippen LogP) is 4.76. The van der Waals surface area contributed by atoms with Gasteiger partial charge in [-0.1, -0.05) is 18.2 Å². The van der Waals surface area contributed by atoms with E-state index in [1.54, 1.807) is 12.0 Å². The number of aromatic nitrogens is 2. The number of ether oxygens (including phenoxy) is 2. The molecule has 1 aromatic heterocycles. The Morgan fingerprint density at radius 1 is 1.16 bits per heavy atom. The Labute approximate surface area is 192 Å². The zero-order valence-corrected chi connectivity index (χ0v) is 19.0. The van der Waals surface area contributed by atoms with Crippen molar-refractivity contribution >= 4 is 35.0 Å². The van der Waals surface area contributed by atoms with Crippen molar-refractivity contribution in [1.82, 2.24) is 14.5 Å². The lowest BCUT2D eigenvalue weighted by Gasteiger charge is -2.33. The van der Waals surface area contributed by atoms with Crippen LogP contribution in [0.1, 0.15) is 25.3 Å². The zero-order chi connectivity index (χ0) is 22.1. The van der Waals surface area contributed by atoms with E-state index in [2.05, 4.69) is 32.7 Å². The molecule has 1 unspecified atom stereocenters. The van der Waals surface area contributed by atoms with E-state index < -0.39 is 0 Å². The number of nitrogens with one attached hydrogen (secondary N) is 1. The highest BCUT2D eigenvalue weighted by atomic mass is 32.1. The summed E-state index contributed by atoms with van der Waals surface area (Å²) < 4.78 is 14.0. The van der Waals surface area contributed by atoms with Crippen LogP contribution in [0, 0.1) is 4.77 Å². The number of nitrogens with zero attached hydrogens (tertiary/aromatic N) is 3. The minimum Gasteiger partial charge on any atom is -0.497 e. The quantitative estimate of drug-likeness (QED) is 0.547. The van der Waals surface area contributed by atoms with Crippen molar-refractivity contribution in [3.05, 3.63) is 53.3 Å². The van der Waals surface area contributed by atoms with Gasteiger partial charge in [0.05, 0.1) is 30.4 Å². The monoisotopic (exact) mass is 452 g/mol. The molecular formula is C24H28N4O3S. The Bertz CT molecular complexity index is 1170. The summed E-state index contributed by atoms with van der Waals surface area (Å²) in [6, 6.07) is 16.3. The van der Waals surface area contributed by atoms with Gasteiger partial charge in [0.15, 0.2) is 4.77 Å². The number of fused-ring (bicyclic) bond motifs is 1. The largest absolute Gasteiger partial charge is 0.497 e. The van der Waals surface area contributed by atoms with Crippen LogP contribution >= 0.6 is 12.2 Å². The van der Waals surface area contributed by atoms with Gasteiger partial charge in [0.25, 0.3) is 0 Å². The highest BCUT2D eigenvalue weighted by Gasteiger charge is 2.33. The molecule has 0 spiro atoms. The maximum absolute atomic E-state index is 12.4. The number of cyclic esters (lactones) is 1. The number of piperidine rings is 1. The lowest BCUT2D eigenvalue weighted by molar-refractivity contribution is 0.117. The molecule has 1 atom stereocenters. The first-order valence-electron chi connectivity index (χ1n) is 11.2. The number of likely N-dealkylation sites (tertiary alicyclic amines) is 1. The molecule has 2 fully saturated rings. The van der Waals surface area contributed by atoms with Gasteiger partial charge in [0.1, 0.15) is 11.9 Å². The van der Waals surface area contributed by atoms with Crippen LogP contribution in [0.25, 0.3) is 11.0 Å². The molecule has 0 radical (unpaired) electrons. The molecule has 5 rings (SSSR count). The minimum atomic E-state index is -0.282. The van der Waals surface area contributed by atoms with Crippen molar-refractivity contribution < 1.29 is 14.3 Å². The van der Waals surface area contributed by atoms with Gasteiger partial charge in [-0.05, 0) is 55.7 Å². The molecule has 2 aliphatic rings. The van der Waals surface area contributed by atoms with Crippen molar-refractivity contribution in [3.63, 3.8) is 0 Å². The molecule has 2 aromatic carbocycles. The van der Waals surface area contributed by atoms with Crippen molar-refractivity contribution in [2.75, 3.05) is 38.2 Å². The second-order valence-electron chi connectivity index (χ2n) is 8.50. The van der Waals surface area contributed by atoms with Crippen LogP contribution in [0.3, 0.4) is 0 Å². The van der Waals surface area contributed by atoms with Gasteiger partial charge in [0.2, 0.25) is 0 Å². The number of rotatable bonds is 6. The number of hydrogen-bond acceptors (Lipinski definition) is 5. The molecule has 1 amide bonds. The Hall–Kier alpha value is -2.84. The van der Waals surface area contributed by atoms with Crippen LogP contribution in [0.15, 0.2) is 48.5 Å². The summed E-state index contributed by atoms with van der Waals surface area (Å²) in [4.78, 5) is 19.9. The average molecular weight is 453 g/mol. The van der Waals surface area contributed by atoms with Crippen LogP contribution < -0.4 is 9.64 Å². The third kappa shape index (κ3) is 4.12. The number of carbonyl (C=O) groups is 1. The van der Waals surface area contributed by atoms with Crippen molar-refractivity contribution in [1.29, 1.82) is 0 Å². The van der Waals surface area contributed by atoms with Gasteiger partial charge in [-0.15, -0.1) is 0 Å². The maximum Gasteiger partial charge on any atom is 0.414 e. The number of H-pyrrole nitrogens is 1. The Balaban J connectivity index is 1.15. The molecule has 3 aromatic rings. The summed E-state index contributed by atoms with van der Waals surface area (Å²) in [5.41, 5.74) is 3.10. The molecule has 2 saturated heterocycles. The summed E-state index contributed by atoms with van der Waals surface area (Å²) in [5, 5.41) is 0. The highest BCUT2D eigenvalue weighted by molar-refractivity contribution is 7.71. The van der Waals surface area contributed by atoms with Crippen molar-refractivity contribution in [2.24, 2.45) is 0 Å². The van der Waals surface area contributed by atoms with E-state index in [1.165, 1.54) is 5.52 Å². The lowest BCUT2D eigenvalue weighted by atomic mass is 10.0. The number of methoxy groups -OCH3 is 1. The number of hydrogen-bond donors (Lipinski definition) is 1. The SMILES string of the molecule is COc1cccc(N2CC(CCN3CCC(n4c(=S)[nH]c5ccccc54)CC3)OC2=O)c1. The smallest absolute Gasteiger partial charge is 0.414 e. The predicted molar refractivity (Wildman–Crippen MR) is 127 cm³/mol. The van der Waals surface area contributed by atoms with Gasteiger partial charge in [-0.2, -0.15) is 0 Å².